The molecule has 3 heterocycles. The van der Waals surface area contributed by atoms with Crippen molar-refractivity contribution in [3.63, 3.8) is 0 Å². The van der Waals surface area contributed by atoms with Crippen molar-refractivity contribution in [3.05, 3.63) is 48.9 Å². The Morgan fingerprint density at radius 2 is 2.25 bits per heavy atom. The molecule has 0 spiro atoms. The average molecular weight is 270 g/mol. The van der Waals surface area contributed by atoms with E-state index in [4.69, 9.17) is 0 Å². The molecule has 0 bridgehead atoms. The lowest BCUT2D eigenvalue weighted by Crippen LogP contribution is -2.25. The van der Waals surface area contributed by atoms with Gasteiger partial charge in [0.15, 0.2) is 5.65 Å². The second-order valence-electron chi connectivity index (χ2n) is 4.36. The number of nitrogens with one attached hydrogen (secondary N) is 1. The van der Waals surface area contributed by atoms with Gasteiger partial charge in [-0.05, 0) is 12.5 Å². The summed E-state index contributed by atoms with van der Waals surface area (Å²) in [6.45, 7) is 1.43. The van der Waals surface area contributed by atoms with Crippen molar-refractivity contribution < 1.29 is 4.79 Å². The van der Waals surface area contributed by atoms with Crippen molar-refractivity contribution in [1.82, 2.24) is 29.5 Å². The van der Waals surface area contributed by atoms with Gasteiger partial charge in [0.05, 0.1) is 12.5 Å². The van der Waals surface area contributed by atoms with E-state index >= 15 is 0 Å². The first kappa shape index (κ1) is 12.3. The molecule has 20 heavy (non-hydrogen) atoms. The fraction of sp³-hybridized carbons (Fsp3) is 0.231. The maximum Gasteiger partial charge on any atom is 0.256 e. The Morgan fingerprint density at radius 1 is 1.30 bits per heavy atom. The molecule has 3 aromatic heterocycles. The van der Waals surface area contributed by atoms with E-state index in [0.29, 0.717) is 17.8 Å². The summed E-state index contributed by atoms with van der Waals surface area (Å²) in [6, 6.07) is 1.77. The number of carbonyl (C=O) groups is 1. The molecule has 1 amide bonds. The molecule has 7 nitrogen and oxygen atoms in total. The number of aromatic nitrogens is 5. The Bertz CT molecular complexity index is 703. The molecule has 7 heteroatoms. The maximum atomic E-state index is 12.1. The highest BCUT2D eigenvalue weighted by atomic mass is 16.1. The molecule has 0 fully saturated rings. The third-order valence-electron chi connectivity index (χ3n) is 2.96. The van der Waals surface area contributed by atoms with Gasteiger partial charge in [0.25, 0.3) is 5.91 Å². The van der Waals surface area contributed by atoms with E-state index in [2.05, 4.69) is 20.4 Å². The molecule has 0 saturated heterocycles. The average Bonchev–Trinajstić information content (AvgIpc) is 3.12. The Labute approximate surface area is 115 Å². The molecule has 1 N–H and O–H groups in total. The van der Waals surface area contributed by atoms with Crippen LogP contribution in [0.1, 0.15) is 16.8 Å². The number of amides is 1. The lowest BCUT2D eigenvalue weighted by molar-refractivity contribution is 0.0954. The van der Waals surface area contributed by atoms with Gasteiger partial charge in [0.2, 0.25) is 0 Å². The molecular weight excluding hydrogens is 256 g/mol. The minimum absolute atomic E-state index is 0.149. The van der Waals surface area contributed by atoms with E-state index in [1.54, 1.807) is 35.5 Å². The molecular formula is C13H14N6O. The van der Waals surface area contributed by atoms with Crippen LogP contribution in [0.5, 0.6) is 0 Å². The number of fused-ring (bicyclic) bond motifs is 1. The highest BCUT2D eigenvalue weighted by Crippen LogP contribution is 2.06. The molecule has 3 rings (SSSR count). The second kappa shape index (κ2) is 5.52. The van der Waals surface area contributed by atoms with Crippen LogP contribution in [-0.4, -0.2) is 36.6 Å². The van der Waals surface area contributed by atoms with Crippen LogP contribution in [0.4, 0.5) is 0 Å². The van der Waals surface area contributed by atoms with Crippen LogP contribution in [0.2, 0.25) is 0 Å². The summed E-state index contributed by atoms with van der Waals surface area (Å²) in [5.74, 6) is -0.149. The molecule has 0 radical (unpaired) electrons. The van der Waals surface area contributed by atoms with E-state index < -0.39 is 0 Å². The number of hydrogen-bond acceptors (Lipinski definition) is 4. The zero-order chi connectivity index (χ0) is 13.8. The van der Waals surface area contributed by atoms with E-state index in [1.165, 1.54) is 6.20 Å². The molecule has 3 aromatic rings. The van der Waals surface area contributed by atoms with Gasteiger partial charge < -0.3 is 9.88 Å². The van der Waals surface area contributed by atoms with Gasteiger partial charge >= 0.3 is 0 Å². The Balaban J connectivity index is 1.56. The summed E-state index contributed by atoms with van der Waals surface area (Å²) in [5, 5.41) is 6.96. The minimum Gasteiger partial charge on any atom is -0.352 e. The Morgan fingerprint density at radius 3 is 3.10 bits per heavy atom. The van der Waals surface area contributed by atoms with E-state index in [-0.39, 0.29) is 5.91 Å². The highest BCUT2D eigenvalue weighted by Gasteiger charge is 2.12. The molecule has 0 unspecified atom stereocenters. The van der Waals surface area contributed by atoms with Crippen LogP contribution in [0.3, 0.4) is 0 Å². The van der Waals surface area contributed by atoms with Gasteiger partial charge in [0.1, 0.15) is 5.56 Å². The predicted molar refractivity (Wildman–Crippen MR) is 72.2 cm³/mol. The molecule has 0 atom stereocenters. The number of imidazole rings is 1. The SMILES string of the molecule is O=C(NCCCn1ccnc1)c1cnn2cccnc12. The zero-order valence-corrected chi connectivity index (χ0v) is 10.8. The quantitative estimate of drug-likeness (QED) is 0.694. The third kappa shape index (κ3) is 2.51. The van der Waals surface area contributed by atoms with Gasteiger partial charge in [0, 0.05) is 37.9 Å². The smallest absolute Gasteiger partial charge is 0.256 e. The van der Waals surface area contributed by atoms with Gasteiger partial charge in [-0.15, -0.1) is 0 Å². The molecule has 0 saturated carbocycles. The van der Waals surface area contributed by atoms with Crippen LogP contribution < -0.4 is 5.32 Å². The second-order valence-corrected chi connectivity index (χ2v) is 4.36. The molecule has 0 aromatic carbocycles. The Hall–Kier alpha value is -2.70. The lowest BCUT2D eigenvalue weighted by atomic mass is 10.3. The molecule has 0 aliphatic rings. The minimum atomic E-state index is -0.149. The van der Waals surface area contributed by atoms with E-state index in [9.17, 15) is 4.79 Å². The molecule has 0 aliphatic heterocycles. The van der Waals surface area contributed by atoms with Crippen molar-refractivity contribution >= 4 is 11.6 Å². The van der Waals surface area contributed by atoms with Crippen LogP contribution >= 0.6 is 0 Å². The van der Waals surface area contributed by atoms with Gasteiger partial charge in [-0.2, -0.15) is 5.10 Å². The van der Waals surface area contributed by atoms with Crippen molar-refractivity contribution in [2.24, 2.45) is 0 Å². The molecule has 0 aliphatic carbocycles. The number of hydrogen-bond donors (Lipinski definition) is 1. The standard InChI is InChI=1S/C13H14N6O/c20-13(16-4-1-6-18-8-5-14-10-18)11-9-17-19-7-2-3-15-12(11)19/h2-3,5,7-10H,1,4,6H2,(H,16,20). The summed E-state index contributed by atoms with van der Waals surface area (Å²) in [7, 11) is 0. The van der Waals surface area contributed by atoms with Crippen molar-refractivity contribution in [3.8, 4) is 0 Å². The monoisotopic (exact) mass is 270 g/mol. The largest absolute Gasteiger partial charge is 0.352 e. The van der Waals surface area contributed by atoms with Gasteiger partial charge in [-0.3, -0.25) is 4.79 Å². The number of rotatable bonds is 5. The van der Waals surface area contributed by atoms with Crippen molar-refractivity contribution in [1.29, 1.82) is 0 Å². The van der Waals surface area contributed by atoms with Crippen LogP contribution in [0.25, 0.3) is 5.65 Å². The first-order chi connectivity index (χ1) is 9.84. The maximum absolute atomic E-state index is 12.1. The van der Waals surface area contributed by atoms with Crippen molar-refractivity contribution in [2.45, 2.75) is 13.0 Å². The van der Waals surface area contributed by atoms with Crippen LogP contribution in [-0.2, 0) is 6.54 Å². The van der Waals surface area contributed by atoms with Crippen molar-refractivity contribution in [2.75, 3.05) is 6.54 Å². The van der Waals surface area contributed by atoms with Crippen LogP contribution in [0, 0.1) is 0 Å². The number of carbonyl (C=O) groups excluding carboxylic acids is 1. The van der Waals surface area contributed by atoms with E-state index in [0.717, 1.165) is 13.0 Å². The number of nitrogens with zero attached hydrogens (tertiary/aromatic N) is 5. The summed E-state index contributed by atoms with van der Waals surface area (Å²) >= 11 is 0. The highest BCUT2D eigenvalue weighted by molar-refractivity contribution is 5.99. The van der Waals surface area contributed by atoms with Gasteiger partial charge in [-0.25, -0.2) is 14.5 Å². The first-order valence-electron chi connectivity index (χ1n) is 6.37. The predicted octanol–water partition coefficient (Wildman–Crippen LogP) is 0.746. The molecule has 102 valence electrons. The third-order valence-corrected chi connectivity index (χ3v) is 2.96. The summed E-state index contributed by atoms with van der Waals surface area (Å²) in [5.41, 5.74) is 1.06. The fourth-order valence-corrected chi connectivity index (χ4v) is 1.97. The topological polar surface area (TPSA) is 77.1 Å². The fourth-order valence-electron chi connectivity index (χ4n) is 1.97. The van der Waals surface area contributed by atoms with E-state index in [1.807, 2.05) is 10.8 Å². The summed E-state index contributed by atoms with van der Waals surface area (Å²) < 4.78 is 3.56. The Kier molecular flexibility index (Phi) is 3.40. The normalized spacial score (nSPS) is 10.8. The summed E-state index contributed by atoms with van der Waals surface area (Å²) in [4.78, 5) is 20.2. The lowest BCUT2D eigenvalue weighted by Gasteiger charge is -2.04. The zero-order valence-electron chi connectivity index (χ0n) is 10.8. The van der Waals surface area contributed by atoms with Crippen LogP contribution in [0.15, 0.2) is 43.4 Å². The van der Waals surface area contributed by atoms with Gasteiger partial charge in [-0.1, -0.05) is 0 Å². The first-order valence-corrected chi connectivity index (χ1v) is 6.37. The summed E-state index contributed by atoms with van der Waals surface area (Å²) in [6.07, 6.45) is 11.2. The number of aryl methyl sites for hydroxylation is 1.